The smallest absolute Gasteiger partial charge is 0.141 e. The minimum Gasteiger partial charge on any atom is -0.497 e. The van der Waals surface area contributed by atoms with Gasteiger partial charge < -0.3 is 14.8 Å². The average molecular weight is 242 g/mol. The van der Waals surface area contributed by atoms with Crippen molar-refractivity contribution in [2.24, 2.45) is 0 Å². The number of methoxy groups -OCH3 is 2. The molecule has 0 aliphatic heterocycles. The number of benzene rings is 1. The first kappa shape index (κ1) is 11.6. The van der Waals surface area contributed by atoms with Gasteiger partial charge in [-0.1, -0.05) is 11.6 Å². The molecule has 1 aromatic rings. The van der Waals surface area contributed by atoms with E-state index in [9.17, 15) is 0 Å². The molecule has 0 radical (unpaired) electrons. The molecule has 0 unspecified atom stereocenters. The van der Waals surface area contributed by atoms with E-state index in [4.69, 9.17) is 21.1 Å². The van der Waals surface area contributed by atoms with Crippen molar-refractivity contribution >= 4 is 11.6 Å². The van der Waals surface area contributed by atoms with Crippen molar-refractivity contribution in [2.45, 2.75) is 25.4 Å². The van der Waals surface area contributed by atoms with Crippen molar-refractivity contribution in [1.82, 2.24) is 5.32 Å². The molecule has 1 saturated carbocycles. The van der Waals surface area contributed by atoms with Gasteiger partial charge in [0, 0.05) is 18.7 Å². The summed E-state index contributed by atoms with van der Waals surface area (Å²) in [6.45, 7) is 0.761. The van der Waals surface area contributed by atoms with Crippen molar-refractivity contribution in [3.8, 4) is 11.5 Å². The van der Waals surface area contributed by atoms with Crippen LogP contribution in [0.5, 0.6) is 11.5 Å². The highest BCUT2D eigenvalue weighted by atomic mass is 35.5. The van der Waals surface area contributed by atoms with Gasteiger partial charge in [-0.25, -0.2) is 0 Å². The number of hydrogen-bond acceptors (Lipinski definition) is 3. The Morgan fingerprint density at radius 3 is 2.62 bits per heavy atom. The molecule has 0 atom stereocenters. The quantitative estimate of drug-likeness (QED) is 0.860. The van der Waals surface area contributed by atoms with Crippen molar-refractivity contribution < 1.29 is 9.47 Å². The Morgan fingerprint density at radius 2 is 2.06 bits per heavy atom. The third-order valence-electron chi connectivity index (χ3n) is 2.70. The first-order chi connectivity index (χ1) is 7.74. The Labute approximate surface area is 101 Å². The fourth-order valence-electron chi connectivity index (χ4n) is 1.56. The summed E-state index contributed by atoms with van der Waals surface area (Å²) >= 11 is 6.22. The lowest BCUT2D eigenvalue weighted by Crippen LogP contribution is -2.15. The number of rotatable bonds is 5. The number of halogens is 1. The van der Waals surface area contributed by atoms with Gasteiger partial charge in [0.15, 0.2) is 0 Å². The van der Waals surface area contributed by atoms with E-state index < -0.39 is 0 Å². The molecule has 0 saturated heterocycles. The Balaban J connectivity index is 2.18. The van der Waals surface area contributed by atoms with Gasteiger partial charge in [-0.15, -0.1) is 0 Å². The van der Waals surface area contributed by atoms with Crippen LogP contribution >= 0.6 is 11.6 Å². The third-order valence-corrected chi connectivity index (χ3v) is 3.13. The van der Waals surface area contributed by atoms with Crippen molar-refractivity contribution in [3.05, 3.63) is 22.7 Å². The first-order valence-corrected chi connectivity index (χ1v) is 5.76. The summed E-state index contributed by atoms with van der Waals surface area (Å²) in [7, 11) is 3.25. The molecule has 1 N–H and O–H groups in total. The van der Waals surface area contributed by atoms with E-state index in [2.05, 4.69) is 5.32 Å². The minimum atomic E-state index is 0.660. The Hall–Kier alpha value is -0.930. The first-order valence-electron chi connectivity index (χ1n) is 5.38. The van der Waals surface area contributed by atoms with Crippen LogP contribution in [0, 0.1) is 0 Å². The van der Waals surface area contributed by atoms with E-state index in [-0.39, 0.29) is 0 Å². The second-order valence-electron chi connectivity index (χ2n) is 3.96. The molecule has 1 fully saturated rings. The van der Waals surface area contributed by atoms with Crippen molar-refractivity contribution in [2.75, 3.05) is 14.2 Å². The van der Waals surface area contributed by atoms with E-state index in [1.165, 1.54) is 12.8 Å². The molecule has 0 spiro atoms. The fraction of sp³-hybridized carbons (Fsp3) is 0.500. The van der Waals surface area contributed by atoms with Gasteiger partial charge in [0.1, 0.15) is 11.5 Å². The summed E-state index contributed by atoms with van der Waals surface area (Å²) in [6.07, 6.45) is 2.53. The summed E-state index contributed by atoms with van der Waals surface area (Å²) in [5, 5.41) is 4.08. The van der Waals surface area contributed by atoms with Gasteiger partial charge in [-0.2, -0.15) is 0 Å². The third kappa shape index (κ3) is 2.60. The van der Waals surface area contributed by atoms with Gasteiger partial charge in [0.2, 0.25) is 0 Å². The van der Waals surface area contributed by atoms with Crippen LogP contribution in [-0.2, 0) is 6.54 Å². The van der Waals surface area contributed by atoms with E-state index >= 15 is 0 Å². The predicted molar refractivity (Wildman–Crippen MR) is 64.4 cm³/mol. The van der Waals surface area contributed by atoms with Crippen LogP contribution in [0.3, 0.4) is 0 Å². The zero-order valence-corrected chi connectivity index (χ0v) is 10.3. The predicted octanol–water partition coefficient (Wildman–Crippen LogP) is 2.61. The van der Waals surface area contributed by atoms with E-state index in [1.807, 2.05) is 6.07 Å². The monoisotopic (exact) mass is 241 g/mol. The zero-order chi connectivity index (χ0) is 11.5. The molecule has 0 heterocycles. The van der Waals surface area contributed by atoms with Crippen molar-refractivity contribution in [3.63, 3.8) is 0 Å². The van der Waals surface area contributed by atoms with Crippen LogP contribution in [-0.4, -0.2) is 20.3 Å². The summed E-state index contributed by atoms with van der Waals surface area (Å²) in [5.41, 5.74) is 1.02. The van der Waals surface area contributed by atoms with Gasteiger partial charge in [0.05, 0.1) is 19.2 Å². The second-order valence-corrected chi connectivity index (χ2v) is 4.34. The molecule has 1 aromatic carbocycles. The highest BCUT2D eigenvalue weighted by Gasteiger charge is 2.21. The summed E-state index contributed by atoms with van der Waals surface area (Å²) < 4.78 is 10.4. The lowest BCUT2D eigenvalue weighted by molar-refractivity contribution is 0.393. The summed E-state index contributed by atoms with van der Waals surface area (Å²) in [4.78, 5) is 0. The average Bonchev–Trinajstić information content (AvgIpc) is 3.11. The van der Waals surface area contributed by atoms with Crippen molar-refractivity contribution in [1.29, 1.82) is 0 Å². The van der Waals surface area contributed by atoms with Crippen LogP contribution < -0.4 is 14.8 Å². The molecule has 4 heteroatoms. The maximum absolute atomic E-state index is 6.22. The van der Waals surface area contributed by atoms with Crippen LogP contribution in [0.1, 0.15) is 18.4 Å². The van der Waals surface area contributed by atoms with E-state index in [0.29, 0.717) is 16.8 Å². The second kappa shape index (κ2) is 4.93. The molecule has 1 aliphatic rings. The maximum atomic E-state index is 6.22. The summed E-state index contributed by atoms with van der Waals surface area (Å²) in [5.74, 6) is 1.43. The van der Waals surface area contributed by atoms with E-state index in [1.54, 1.807) is 20.3 Å². The lowest BCUT2D eigenvalue weighted by atomic mass is 10.2. The van der Waals surface area contributed by atoms with Gasteiger partial charge in [0.25, 0.3) is 0 Å². The summed E-state index contributed by atoms with van der Waals surface area (Å²) in [6, 6.07) is 4.40. The zero-order valence-electron chi connectivity index (χ0n) is 9.55. The maximum Gasteiger partial charge on any atom is 0.141 e. The fourth-order valence-corrected chi connectivity index (χ4v) is 1.82. The molecule has 88 valence electrons. The minimum absolute atomic E-state index is 0.660. The Bertz CT molecular complexity index is 378. The molecule has 0 bridgehead atoms. The largest absolute Gasteiger partial charge is 0.497 e. The number of ether oxygens (including phenoxy) is 2. The van der Waals surface area contributed by atoms with Gasteiger partial charge in [-0.05, 0) is 24.5 Å². The lowest BCUT2D eigenvalue weighted by Gasteiger charge is -2.12. The molecular formula is C12H16ClNO2. The number of nitrogens with one attached hydrogen (secondary N) is 1. The van der Waals surface area contributed by atoms with Crippen LogP contribution in [0.15, 0.2) is 12.1 Å². The Kier molecular flexibility index (Phi) is 3.56. The molecule has 0 aromatic heterocycles. The Morgan fingerprint density at radius 1 is 1.31 bits per heavy atom. The highest BCUT2D eigenvalue weighted by molar-refractivity contribution is 6.32. The standard InChI is InChI=1S/C12H16ClNO2/c1-15-10-5-8(7-14-9-3-4-9)12(13)11(6-10)16-2/h5-6,9,14H,3-4,7H2,1-2H3. The molecule has 0 amide bonds. The molecule has 16 heavy (non-hydrogen) atoms. The normalized spacial score (nSPS) is 14.9. The topological polar surface area (TPSA) is 30.5 Å². The molecular weight excluding hydrogens is 226 g/mol. The van der Waals surface area contributed by atoms with Crippen LogP contribution in [0.25, 0.3) is 0 Å². The number of hydrogen-bond donors (Lipinski definition) is 1. The van der Waals surface area contributed by atoms with Gasteiger partial charge >= 0.3 is 0 Å². The SMILES string of the molecule is COc1cc(CNC2CC2)c(Cl)c(OC)c1. The molecule has 2 rings (SSSR count). The molecule has 3 nitrogen and oxygen atoms in total. The molecule has 1 aliphatic carbocycles. The van der Waals surface area contributed by atoms with Crippen LogP contribution in [0.2, 0.25) is 5.02 Å². The van der Waals surface area contributed by atoms with Crippen LogP contribution in [0.4, 0.5) is 0 Å². The highest BCUT2D eigenvalue weighted by Crippen LogP contribution is 2.33. The van der Waals surface area contributed by atoms with E-state index in [0.717, 1.165) is 17.9 Å². The van der Waals surface area contributed by atoms with Gasteiger partial charge in [-0.3, -0.25) is 0 Å².